The van der Waals surface area contributed by atoms with E-state index >= 15 is 0 Å². The molecule has 0 unspecified atom stereocenters. The lowest BCUT2D eigenvalue weighted by atomic mass is 10.0. The molecule has 0 radical (unpaired) electrons. The molecule has 4 nitrogen and oxygen atoms in total. The van der Waals surface area contributed by atoms with Gasteiger partial charge in [0.15, 0.2) is 0 Å². The number of nitro groups is 1. The van der Waals surface area contributed by atoms with Crippen molar-refractivity contribution in [2.75, 3.05) is 0 Å². The minimum atomic E-state index is -0.376. The maximum atomic E-state index is 10.9. The minimum Gasteiger partial charge on any atom is -0.306 e. The van der Waals surface area contributed by atoms with E-state index in [0.717, 1.165) is 10.0 Å². The molecule has 0 heterocycles. The van der Waals surface area contributed by atoms with Gasteiger partial charge in [-0.1, -0.05) is 40.2 Å². The van der Waals surface area contributed by atoms with Crippen LogP contribution in [0.2, 0.25) is 0 Å². The van der Waals surface area contributed by atoms with Crippen LogP contribution in [0.15, 0.2) is 46.9 Å². The van der Waals surface area contributed by atoms with Gasteiger partial charge < -0.3 is 5.32 Å². The van der Waals surface area contributed by atoms with Gasteiger partial charge in [-0.2, -0.15) is 0 Å². The fourth-order valence-corrected chi connectivity index (χ4v) is 2.82. The van der Waals surface area contributed by atoms with Gasteiger partial charge in [-0.05, 0) is 36.6 Å². The zero-order chi connectivity index (χ0) is 15.4. The topological polar surface area (TPSA) is 55.2 Å². The van der Waals surface area contributed by atoms with E-state index in [1.807, 2.05) is 18.2 Å². The summed E-state index contributed by atoms with van der Waals surface area (Å²) in [4.78, 5) is 10.5. The minimum absolute atomic E-state index is 0.102. The molecule has 0 aliphatic carbocycles. The molecule has 2 aromatic rings. The van der Waals surface area contributed by atoms with Gasteiger partial charge in [0.1, 0.15) is 0 Å². The van der Waals surface area contributed by atoms with Crippen molar-refractivity contribution in [1.82, 2.24) is 5.32 Å². The molecule has 1 N–H and O–H groups in total. The van der Waals surface area contributed by atoms with Crippen molar-refractivity contribution in [1.29, 1.82) is 0 Å². The quantitative estimate of drug-likeness (QED) is 0.638. The maximum absolute atomic E-state index is 10.9. The molecule has 0 aliphatic heterocycles. The molecule has 0 fully saturated rings. The molecule has 0 aromatic heterocycles. The highest BCUT2D eigenvalue weighted by atomic mass is 79.9. The lowest BCUT2D eigenvalue weighted by Gasteiger charge is -2.16. The van der Waals surface area contributed by atoms with Crippen LogP contribution in [0.1, 0.15) is 29.7 Å². The van der Waals surface area contributed by atoms with Crippen molar-refractivity contribution < 1.29 is 4.92 Å². The highest BCUT2D eigenvalue weighted by Gasteiger charge is 2.11. The van der Waals surface area contributed by atoms with Gasteiger partial charge in [-0.25, -0.2) is 0 Å². The standard InChI is InChI=1S/C16H17BrN2O2/c1-11-5-3-4-6-16(11)12(2)18-10-13-7-14(17)9-15(8-13)19(20)21/h3-9,12,18H,10H2,1-2H3/t12-/m0/s1. The van der Waals surface area contributed by atoms with Gasteiger partial charge in [0.2, 0.25) is 0 Å². The Morgan fingerprint density at radius 1 is 1.29 bits per heavy atom. The summed E-state index contributed by atoms with van der Waals surface area (Å²) in [5.41, 5.74) is 3.46. The van der Waals surface area contributed by atoms with Crippen LogP contribution in [0.3, 0.4) is 0 Å². The van der Waals surface area contributed by atoms with Gasteiger partial charge in [0.25, 0.3) is 5.69 Å². The van der Waals surface area contributed by atoms with Crippen LogP contribution in [0.25, 0.3) is 0 Å². The fraction of sp³-hybridized carbons (Fsp3) is 0.250. The SMILES string of the molecule is Cc1ccccc1[C@H](C)NCc1cc(Br)cc([N+](=O)[O-])c1. The van der Waals surface area contributed by atoms with Crippen LogP contribution < -0.4 is 5.32 Å². The van der Waals surface area contributed by atoms with Crippen LogP contribution in [0.5, 0.6) is 0 Å². The number of halogens is 1. The monoisotopic (exact) mass is 348 g/mol. The van der Waals surface area contributed by atoms with Crippen molar-refractivity contribution in [2.24, 2.45) is 0 Å². The lowest BCUT2D eigenvalue weighted by molar-refractivity contribution is -0.385. The van der Waals surface area contributed by atoms with Crippen LogP contribution in [0, 0.1) is 17.0 Å². The molecule has 21 heavy (non-hydrogen) atoms. The van der Waals surface area contributed by atoms with E-state index < -0.39 is 0 Å². The van der Waals surface area contributed by atoms with Crippen molar-refractivity contribution in [2.45, 2.75) is 26.4 Å². The van der Waals surface area contributed by atoms with Gasteiger partial charge in [-0.3, -0.25) is 10.1 Å². The first-order chi connectivity index (χ1) is 9.97. The van der Waals surface area contributed by atoms with Crippen molar-refractivity contribution in [3.8, 4) is 0 Å². The van der Waals surface area contributed by atoms with E-state index in [4.69, 9.17) is 0 Å². The molecular formula is C16H17BrN2O2. The Kier molecular flexibility index (Phi) is 5.09. The predicted molar refractivity (Wildman–Crippen MR) is 87.2 cm³/mol. The maximum Gasteiger partial charge on any atom is 0.270 e. The fourth-order valence-electron chi connectivity index (χ4n) is 2.29. The molecule has 5 heteroatoms. The predicted octanol–water partition coefficient (Wildman–Crippen LogP) is 4.52. The summed E-state index contributed by atoms with van der Waals surface area (Å²) in [5, 5.41) is 14.3. The second-order valence-corrected chi connectivity index (χ2v) is 5.95. The summed E-state index contributed by atoms with van der Waals surface area (Å²) in [6.07, 6.45) is 0. The van der Waals surface area contributed by atoms with Gasteiger partial charge >= 0.3 is 0 Å². The number of nitrogens with zero attached hydrogens (tertiary/aromatic N) is 1. The average Bonchev–Trinajstić information content (AvgIpc) is 2.44. The number of benzene rings is 2. The summed E-state index contributed by atoms with van der Waals surface area (Å²) in [6, 6.07) is 13.4. The Morgan fingerprint density at radius 3 is 2.67 bits per heavy atom. The molecule has 0 bridgehead atoms. The molecule has 2 aromatic carbocycles. The molecule has 1 atom stereocenters. The molecule has 0 spiro atoms. The average molecular weight is 349 g/mol. The lowest BCUT2D eigenvalue weighted by Crippen LogP contribution is -2.19. The Bertz CT molecular complexity index is 658. The van der Waals surface area contributed by atoms with Crippen molar-refractivity contribution in [3.63, 3.8) is 0 Å². The highest BCUT2D eigenvalue weighted by Crippen LogP contribution is 2.22. The van der Waals surface area contributed by atoms with Gasteiger partial charge in [0, 0.05) is 29.2 Å². The second kappa shape index (κ2) is 6.83. The normalized spacial score (nSPS) is 12.1. The number of hydrogen-bond acceptors (Lipinski definition) is 3. The molecule has 110 valence electrons. The molecule has 0 amide bonds. The first-order valence-corrected chi connectivity index (χ1v) is 7.49. The summed E-state index contributed by atoms with van der Waals surface area (Å²) in [5.74, 6) is 0. The summed E-state index contributed by atoms with van der Waals surface area (Å²) in [6.45, 7) is 4.75. The molecular weight excluding hydrogens is 332 g/mol. The van der Waals surface area contributed by atoms with Crippen molar-refractivity contribution in [3.05, 3.63) is 73.7 Å². The van der Waals surface area contributed by atoms with E-state index in [9.17, 15) is 10.1 Å². The van der Waals surface area contributed by atoms with Crippen LogP contribution in [-0.4, -0.2) is 4.92 Å². The number of rotatable bonds is 5. The summed E-state index contributed by atoms with van der Waals surface area (Å²) < 4.78 is 0.719. The van der Waals surface area contributed by atoms with E-state index in [2.05, 4.69) is 47.2 Å². The number of aryl methyl sites for hydroxylation is 1. The number of nitro benzene ring substituents is 1. The number of non-ortho nitro benzene ring substituents is 1. The third-order valence-corrected chi connectivity index (χ3v) is 3.88. The molecule has 0 aliphatic rings. The molecule has 0 saturated carbocycles. The number of nitrogens with one attached hydrogen (secondary N) is 1. The number of hydrogen-bond donors (Lipinski definition) is 1. The Labute approximate surface area is 132 Å². The van der Waals surface area contributed by atoms with E-state index in [0.29, 0.717) is 6.54 Å². The van der Waals surface area contributed by atoms with Gasteiger partial charge in [0.05, 0.1) is 4.92 Å². The van der Waals surface area contributed by atoms with Crippen molar-refractivity contribution >= 4 is 21.6 Å². The zero-order valence-electron chi connectivity index (χ0n) is 12.0. The van der Waals surface area contributed by atoms with E-state index in [1.54, 1.807) is 6.07 Å². The van der Waals surface area contributed by atoms with Gasteiger partial charge in [-0.15, -0.1) is 0 Å². The van der Waals surface area contributed by atoms with Crippen LogP contribution >= 0.6 is 15.9 Å². The van der Waals surface area contributed by atoms with E-state index in [1.165, 1.54) is 17.2 Å². The molecule has 0 saturated heterocycles. The first kappa shape index (κ1) is 15.7. The van der Waals surface area contributed by atoms with E-state index in [-0.39, 0.29) is 16.7 Å². The largest absolute Gasteiger partial charge is 0.306 e. The zero-order valence-corrected chi connectivity index (χ0v) is 13.6. The smallest absolute Gasteiger partial charge is 0.270 e. The summed E-state index contributed by atoms with van der Waals surface area (Å²) >= 11 is 3.31. The highest BCUT2D eigenvalue weighted by molar-refractivity contribution is 9.10. The second-order valence-electron chi connectivity index (χ2n) is 5.03. The first-order valence-electron chi connectivity index (χ1n) is 6.70. The Hall–Kier alpha value is -1.72. The van der Waals surface area contributed by atoms with Crippen LogP contribution in [0.4, 0.5) is 5.69 Å². The third-order valence-electron chi connectivity index (χ3n) is 3.42. The Balaban J connectivity index is 2.09. The molecule has 2 rings (SSSR count). The Morgan fingerprint density at radius 2 is 2.00 bits per heavy atom. The summed E-state index contributed by atoms with van der Waals surface area (Å²) in [7, 11) is 0. The third kappa shape index (κ3) is 4.12. The van der Waals surface area contributed by atoms with Crippen LogP contribution in [-0.2, 0) is 6.54 Å².